The fourth-order valence-electron chi connectivity index (χ4n) is 2.10. The second-order valence-corrected chi connectivity index (χ2v) is 5.01. The molecule has 1 heterocycles. The predicted octanol–water partition coefficient (Wildman–Crippen LogP) is 2.63. The molecule has 0 spiro atoms. The van der Waals surface area contributed by atoms with Gasteiger partial charge >= 0.3 is 0 Å². The highest BCUT2D eigenvalue weighted by atomic mass is 35.5. The van der Waals surface area contributed by atoms with Crippen LogP contribution in [0.1, 0.15) is 16.8 Å². The van der Waals surface area contributed by atoms with E-state index < -0.39 is 0 Å². The van der Waals surface area contributed by atoms with Gasteiger partial charge in [-0.3, -0.25) is 4.79 Å². The lowest BCUT2D eigenvalue weighted by atomic mass is 10.1. The van der Waals surface area contributed by atoms with Crippen LogP contribution in [0, 0.1) is 0 Å². The van der Waals surface area contributed by atoms with Crippen LogP contribution in [-0.4, -0.2) is 42.8 Å². The van der Waals surface area contributed by atoms with Gasteiger partial charge in [-0.15, -0.1) is 0 Å². The monoisotopic (exact) mass is 264 g/mol. The van der Waals surface area contributed by atoms with Crippen molar-refractivity contribution in [2.24, 2.45) is 0 Å². The van der Waals surface area contributed by atoms with Crippen LogP contribution < -0.4 is 0 Å². The van der Waals surface area contributed by atoms with E-state index in [0.717, 1.165) is 25.3 Å². The van der Waals surface area contributed by atoms with E-state index in [-0.39, 0.29) is 5.78 Å². The zero-order chi connectivity index (χ0) is 13.1. The fraction of sp³-hybridized carbons (Fsp3) is 0.357. The van der Waals surface area contributed by atoms with Crippen LogP contribution in [0.25, 0.3) is 0 Å². The Morgan fingerprint density at radius 1 is 1.17 bits per heavy atom. The molecule has 0 N–H and O–H groups in total. The average molecular weight is 265 g/mol. The Morgan fingerprint density at radius 3 is 2.28 bits per heavy atom. The van der Waals surface area contributed by atoms with Crippen LogP contribution in [0.3, 0.4) is 0 Å². The van der Waals surface area contributed by atoms with E-state index in [1.165, 1.54) is 0 Å². The van der Waals surface area contributed by atoms with Crippen LogP contribution in [0.2, 0.25) is 5.02 Å². The van der Waals surface area contributed by atoms with Crippen molar-refractivity contribution in [3.63, 3.8) is 0 Å². The molecule has 1 fully saturated rings. The maximum atomic E-state index is 12.1. The summed E-state index contributed by atoms with van der Waals surface area (Å²) in [4.78, 5) is 16.4. The number of carbonyl (C=O) groups excluding carboxylic acids is 1. The molecule has 96 valence electrons. The minimum absolute atomic E-state index is 0.0160. The Morgan fingerprint density at radius 2 is 1.72 bits per heavy atom. The number of halogens is 1. The van der Waals surface area contributed by atoms with Gasteiger partial charge in [0.25, 0.3) is 0 Å². The lowest BCUT2D eigenvalue weighted by Crippen LogP contribution is -2.38. The maximum Gasteiger partial charge on any atom is 0.189 e. The predicted molar refractivity (Wildman–Crippen MR) is 73.7 cm³/mol. The molecular formula is C14H17ClN2O. The summed E-state index contributed by atoms with van der Waals surface area (Å²) >= 11 is 5.81. The summed E-state index contributed by atoms with van der Waals surface area (Å²) in [6.45, 7) is 1.98. The van der Waals surface area contributed by atoms with E-state index >= 15 is 0 Å². The summed E-state index contributed by atoms with van der Waals surface area (Å²) in [7, 11) is 4.02. The van der Waals surface area contributed by atoms with Gasteiger partial charge in [-0.2, -0.15) is 0 Å². The van der Waals surface area contributed by atoms with Crippen molar-refractivity contribution in [1.82, 2.24) is 9.80 Å². The van der Waals surface area contributed by atoms with Crippen molar-refractivity contribution in [1.29, 1.82) is 0 Å². The number of hydrogen-bond donors (Lipinski definition) is 0. The number of rotatable bonds is 2. The summed E-state index contributed by atoms with van der Waals surface area (Å²) < 4.78 is 0. The number of allylic oxidation sites excluding steroid dienone is 1. The van der Waals surface area contributed by atoms with Gasteiger partial charge in [0.2, 0.25) is 0 Å². The molecule has 18 heavy (non-hydrogen) atoms. The van der Waals surface area contributed by atoms with Gasteiger partial charge in [0.05, 0.1) is 0 Å². The van der Waals surface area contributed by atoms with E-state index in [1.807, 2.05) is 14.1 Å². The van der Waals surface area contributed by atoms with Crippen molar-refractivity contribution in [3.05, 3.63) is 46.7 Å². The molecule has 1 saturated heterocycles. The normalized spacial score (nSPS) is 15.8. The quantitative estimate of drug-likeness (QED) is 0.606. The van der Waals surface area contributed by atoms with Crippen LogP contribution >= 0.6 is 11.6 Å². The van der Waals surface area contributed by atoms with E-state index in [4.69, 9.17) is 11.6 Å². The van der Waals surface area contributed by atoms with E-state index in [9.17, 15) is 4.79 Å². The second-order valence-electron chi connectivity index (χ2n) is 4.57. The standard InChI is InChI=1S/C14H17ClN2O/c1-16-8-3-9-17(2)14(16)10-13(18)11-4-6-12(15)7-5-11/h4-7,10H,3,8-9H2,1-2H3. The topological polar surface area (TPSA) is 23.6 Å². The first-order valence-corrected chi connectivity index (χ1v) is 6.39. The molecule has 1 aromatic rings. The van der Waals surface area contributed by atoms with Gasteiger partial charge in [-0.05, 0) is 30.7 Å². The summed E-state index contributed by atoms with van der Waals surface area (Å²) in [5, 5.41) is 0.645. The molecule has 3 nitrogen and oxygen atoms in total. The van der Waals surface area contributed by atoms with Gasteiger partial charge < -0.3 is 9.80 Å². The Balaban J connectivity index is 2.21. The average Bonchev–Trinajstić information content (AvgIpc) is 2.34. The Kier molecular flexibility index (Phi) is 3.92. The first-order chi connectivity index (χ1) is 8.58. The molecule has 0 amide bonds. The Bertz CT molecular complexity index is 455. The molecule has 0 aliphatic carbocycles. The molecule has 1 aliphatic rings. The van der Waals surface area contributed by atoms with Crippen LogP contribution in [0.5, 0.6) is 0 Å². The zero-order valence-electron chi connectivity index (χ0n) is 10.7. The molecular weight excluding hydrogens is 248 g/mol. The largest absolute Gasteiger partial charge is 0.361 e. The van der Waals surface area contributed by atoms with Gasteiger partial charge in [-0.1, -0.05) is 11.6 Å². The Hall–Kier alpha value is -1.48. The van der Waals surface area contributed by atoms with Gasteiger partial charge in [0.15, 0.2) is 5.78 Å². The van der Waals surface area contributed by atoms with E-state index in [0.29, 0.717) is 10.6 Å². The van der Waals surface area contributed by atoms with E-state index in [2.05, 4.69) is 9.80 Å². The first kappa shape index (κ1) is 13.0. The molecule has 0 bridgehead atoms. The summed E-state index contributed by atoms with van der Waals surface area (Å²) in [6.07, 6.45) is 2.82. The van der Waals surface area contributed by atoms with Crippen LogP contribution in [0.4, 0.5) is 0 Å². The highest BCUT2D eigenvalue weighted by molar-refractivity contribution is 6.30. The van der Waals surface area contributed by atoms with Crippen molar-refractivity contribution in [2.75, 3.05) is 27.2 Å². The molecule has 2 rings (SSSR count). The highest BCUT2D eigenvalue weighted by Crippen LogP contribution is 2.16. The van der Waals surface area contributed by atoms with Crippen LogP contribution in [0.15, 0.2) is 36.2 Å². The molecule has 4 heteroatoms. The summed E-state index contributed by atoms with van der Waals surface area (Å²) in [6, 6.07) is 6.98. The summed E-state index contributed by atoms with van der Waals surface area (Å²) in [5.74, 6) is 0.989. The number of nitrogens with zero attached hydrogens (tertiary/aromatic N) is 2. The number of ketones is 1. The first-order valence-electron chi connectivity index (χ1n) is 6.02. The zero-order valence-corrected chi connectivity index (χ0v) is 11.4. The van der Waals surface area contributed by atoms with E-state index in [1.54, 1.807) is 30.3 Å². The van der Waals surface area contributed by atoms with Gasteiger partial charge in [0, 0.05) is 43.8 Å². The third-order valence-electron chi connectivity index (χ3n) is 3.16. The minimum atomic E-state index is 0.0160. The van der Waals surface area contributed by atoms with Gasteiger partial charge in [-0.25, -0.2) is 0 Å². The van der Waals surface area contributed by atoms with Crippen molar-refractivity contribution < 1.29 is 4.79 Å². The lowest BCUT2D eigenvalue weighted by molar-refractivity contribution is 0.103. The third kappa shape index (κ3) is 2.85. The lowest BCUT2D eigenvalue weighted by Gasteiger charge is -2.36. The SMILES string of the molecule is CN1CCCN(C)C1=CC(=O)c1ccc(Cl)cc1. The minimum Gasteiger partial charge on any atom is -0.361 e. The second kappa shape index (κ2) is 5.44. The maximum absolute atomic E-state index is 12.1. The van der Waals surface area contributed by atoms with Gasteiger partial charge in [0.1, 0.15) is 5.82 Å². The molecule has 0 radical (unpaired) electrons. The Labute approximate surface area is 113 Å². The molecule has 1 aromatic carbocycles. The molecule has 0 atom stereocenters. The van der Waals surface area contributed by atoms with Crippen molar-refractivity contribution in [3.8, 4) is 0 Å². The molecule has 0 saturated carbocycles. The fourth-order valence-corrected chi connectivity index (χ4v) is 2.23. The third-order valence-corrected chi connectivity index (χ3v) is 3.41. The van der Waals surface area contributed by atoms with Crippen molar-refractivity contribution >= 4 is 17.4 Å². The molecule has 0 aromatic heterocycles. The molecule has 1 aliphatic heterocycles. The molecule has 0 unspecified atom stereocenters. The number of carbonyl (C=O) groups is 1. The highest BCUT2D eigenvalue weighted by Gasteiger charge is 2.17. The number of benzene rings is 1. The van der Waals surface area contributed by atoms with Crippen LogP contribution in [-0.2, 0) is 0 Å². The smallest absolute Gasteiger partial charge is 0.189 e. The number of hydrogen-bond acceptors (Lipinski definition) is 3. The summed E-state index contributed by atoms with van der Waals surface area (Å²) in [5.41, 5.74) is 0.666. The van der Waals surface area contributed by atoms with Crippen molar-refractivity contribution in [2.45, 2.75) is 6.42 Å².